The van der Waals surface area contributed by atoms with Crippen LogP contribution in [-0.4, -0.2) is 13.4 Å². The Kier molecular flexibility index (Phi) is 4.87. The molecule has 0 saturated carbocycles. The number of nitrogens with one attached hydrogen (secondary N) is 1. The summed E-state index contributed by atoms with van der Waals surface area (Å²) in [5.74, 6) is -0.0608. The second kappa shape index (κ2) is 6.45. The molecule has 0 spiro atoms. The Morgan fingerprint density at radius 1 is 1.20 bits per heavy atom. The van der Waals surface area contributed by atoms with E-state index in [1.807, 2.05) is 16.8 Å². The van der Waals surface area contributed by atoms with Crippen LogP contribution in [0.1, 0.15) is 16.7 Å². The number of benzene rings is 1. The first-order valence-electron chi connectivity index (χ1n) is 5.83. The maximum atomic E-state index is 12.0. The van der Waals surface area contributed by atoms with Gasteiger partial charge in [0, 0.05) is 12.1 Å². The molecule has 20 heavy (non-hydrogen) atoms. The fourth-order valence-electron chi connectivity index (χ4n) is 1.62. The molecule has 1 aromatic carbocycles. The van der Waals surface area contributed by atoms with Crippen LogP contribution in [0.25, 0.3) is 0 Å². The summed E-state index contributed by atoms with van der Waals surface area (Å²) in [6, 6.07) is 8.79. The van der Waals surface area contributed by atoms with Gasteiger partial charge in [0.1, 0.15) is 4.99 Å². The molecule has 1 aromatic heterocycles. The average molecular weight is 326 g/mol. The third-order valence-electron chi connectivity index (χ3n) is 2.67. The van der Waals surface area contributed by atoms with Gasteiger partial charge in [-0.3, -0.25) is 0 Å². The molecule has 2 aromatic rings. The number of sulfonamides is 1. The number of nitrogens with two attached hydrogens (primary N) is 1. The van der Waals surface area contributed by atoms with Crippen LogP contribution in [0, 0.1) is 0 Å². The Balaban J connectivity index is 1.98. The highest BCUT2D eigenvalue weighted by atomic mass is 32.2. The van der Waals surface area contributed by atoms with E-state index in [4.69, 9.17) is 18.0 Å². The van der Waals surface area contributed by atoms with Gasteiger partial charge in [0.2, 0.25) is 10.0 Å². The molecule has 1 heterocycles. The first-order valence-corrected chi connectivity index (χ1v) is 8.84. The van der Waals surface area contributed by atoms with Crippen LogP contribution in [-0.2, 0) is 22.3 Å². The molecular weight excluding hydrogens is 312 g/mol. The van der Waals surface area contributed by atoms with Crippen LogP contribution in [0.4, 0.5) is 0 Å². The van der Waals surface area contributed by atoms with Gasteiger partial charge in [-0.05, 0) is 28.0 Å². The molecule has 0 fully saturated rings. The smallest absolute Gasteiger partial charge is 0.216 e. The molecule has 0 atom stereocenters. The molecule has 0 amide bonds. The summed E-state index contributed by atoms with van der Waals surface area (Å²) in [5.41, 5.74) is 7.88. The van der Waals surface area contributed by atoms with Gasteiger partial charge in [0.25, 0.3) is 0 Å². The number of hydrogen-bond acceptors (Lipinski definition) is 4. The molecule has 0 unspecified atom stereocenters. The van der Waals surface area contributed by atoms with Crippen molar-refractivity contribution < 1.29 is 8.42 Å². The van der Waals surface area contributed by atoms with Gasteiger partial charge in [-0.2, -0.15) is 11.3 Å². The predicted octanol–water partition coefficient (Wildman–Crippen LogP) is 2.00. The van der Waals surface area contributed by atoms with E-state index in [0.29, 0.717) is 17.1 Å². The Bertz CT molecular complexity index is 677. The maximum Gasteiger partial charge on any atom is 0.216 e. The Hall–Kier alpha value is -1.28. The van der Waals surface area contributed by atoms with Crippen molar-refractivity contribution in [2.24, 2.45) is 5.73 Å². The lowest BCUT2D eigenvalue weighted by Gasteiger charge is -2.06. The minimum Gasteiger partial charge on any atom is -0.389 e. The van der Waals surface area contributed by atoms with E-state index in [1.54, 1.807) is 24.3 Å². The van der Waals surface area contributed by atoms with Crippen molar-refractivity contribution >= 4 is 38.6 Å². The van der Waals surface area contributed by atoms with Gasteiger partial charge in [-0.25, -0.2) is 13.1 Å². The van der Waals surface area contributed by atoms with Crippen molar-refractivity contribution in [3.63, 3.8) is 0 Å². The van der Waals surface area contributed by atoms with Crippen LogP contribution < -0.4 is 10.5 Å². The minimum absolute atomic E-state index is 0.0608. The molecule has 0 aliphatic heterocycles. The van der Waals surface area contributed by atoms with E-state index in [9.17, 15) is 8.42 Å². The van der Waals surface area contributed by atoms with Crippen LogP contribution in [0.15, 0.2) is 41.1 Å². The van der Waals surface area contributed by atoms with Gasteiger partial charge in [0.15, 0.2) is 0 Å². The summed E-state index contributed by atoms with van der Waals surface area (Å²) in [7, 11) is -3.35. The first kappa shape index (κ1) is 15.1. The van der Waals surface area contributed by atoms with Crippen LogP contribution in [0.2, 0.25) is 0 Å². The zero-order valence-electron chi connectivity index (χ0n) is 10.6. The molecular formula is C13H14N2O2S3. The van der Waals surface area contributed by atoms with Gasteiger partial charge in [0.05, 0.1) is 5.75 Å². The quantitative estimate of drug-likeness (QED) is 0.797. The average Bonchev–Trinajstić information content (AvgIpc) is 2.90. The first-order chi connectivity index (χ1) is 9.46. The maximum absolute atomic E-state index is 12.0. The summed E-state index contributed by atoms with van der Waals surface area (Å²) in [4.78, 5) is 0.301. The Morgan fingerprint density at radius 3 is 2.45 bits per heavy atom. The summed E-state index contributed by atoms with van der Waals surface area (Å²) >= 11 is 6.39. The fourth-order valence-corrected chi connectivity index (χ4v) is 3.55. The largest absolute Gasteiger partial charge is 0.389 e. The van der Waals surface area contributed by atoms with Gasteiger partial charge >= 0.3 is 0 Å². The van der Waals surface area contributed by atoms with E-state index in [1.165, 1.54) is 11.3 Å². The van der Waals surface area contributed by atoms with Crippen LogP contribution in [0.3, 0.4) is 0 Å². The lowest BCUT2D eigenvalue weighted by atomic mass is 10.1. The molecule has 2 rings (SSSR count). The molecule has 106 valence electrons. The molecule has 4 nitrogen and oxygen atoms in total. The van der Waals surface area contributed by atoms with E-state index in [0.717, 1.165) is 11.1 Å². The number of thiophene rings is 1. The molecule has 0 bridgehead atoms. The fraction of sp³-hybridized carbons (Fsp3) is 0.154. The second-order valence-corrected chi connectivity index (χ2v) is 7.30. The zero-order chi connectivity index (χ0) is 14.6. The standard InChI is InChI=1S/C13H14N2O2S3/c14-13(18)12-3-1-10(2-4-12)9-20(16,17)15-7-11-5-6-19-8-11/h1-6,8,15H,7,9H2,(H2,14,18). The van der Waals surface area contributed by atoms with Gasteiger partial charge in [-0.1, -0.05) is 36.5 Å². The lowest BCUT2D eigenvalue weighted by molar-refractivity contribution is 0.580. The van der Waals surface area contributed by atoms with Crippen LogP contribution in [0.5, 0.6) is 0 Å². The van der Waals surface area contributed by atoms with Crippen molar-refractivity contribution in [3.8, 4) is 0 Å². The van der Waals surface area contributed by atoms with Crippen molar-refractivity contribution in [1.82, 2.24) is 4.72 Å². The van der Waals surface area contributed by atoms with Gasteiger partial charge < -0.3 is 5.73 Å². The summed E-state index contributed by atoms with van der Waals surface area (Å²) in [5, 5.41) is 3.83. The van der Waals surface area contributed by atoms with E-state index < -0.39 is 10.0 Å². The summed E-state index contributed by atoms with van der Waals surface area (Å²) in [6.07, 6.45) is 0. The molecule has 0 aliphatic rings. The number of rotatable bonds is 6. The Morgan fingerprint density at radius 2 is 1.90 bits per heavy atom. The van der Waals surface area contributed by atoms with Crippen molar-refractivity contribution in [1.29, 1.82) is 0 Å². The van der Waals surface area contributed by atoms with E-state index in [-0.39, 0.29) is 5.75 Å². The molecule has 0 radical (unpaired) electrons. The van der Waals surface area contributed by atoms with E-state index >= 15 is 0 Å². The zero-order valence-corrected chi connectivity index (χ0v) is 13.0. The van der Waals surface area contributed by atoms with E-state index in [2.05, 4.69) is 4.72 Å². The molecule has 0 saturated heterocycles. The third kappa shape index (κ3) is 4.38. The molecule has 3 N–H and O–H groups in total. The monoisotopic (exact) mass is 326 g/mol. The number of thiocarbonyl (C=S) groups is 1. The highest BCUT2D eigenvalue weighted by Crippen LogP contribution is 2.10. The highest BCUT2D eigenvalue weighted by molar-refractivity contribution is 7.88. The topological polar surface area (TPSA) is 72.2 Å². The Labute approximate surface area is 127 Å². The number of hydrogen-bond donors (Lipinski definition) is 2. The van der Waals surface area contributed by atoms with Crippen LogP contribution >= 0.6 is 23.6 Å². The third-order valence-corrected chi connectivity index (χ3v) is 4.94. The van der Waals surface area contributed by atoms with Crippen molar-refractivity contribution in [2.75, 3.05) is 0 Å². The molecule has 0 aliphatic carbocycles. The second-order valence-electron chi connectivity index (χ2n) is 4.27. The summed E-state index contributed by atoms with van der Waals surface area (Å²) in [6.45, 7) is 0.316. The normalized spacial score (nSPS) is 11.4. The SMILES string of the molecule is NC(=S)c1ccc(CS(=O)(=O)NCc2ccsc2)cc1. The van der Waals surface area contributed by atoms with Crippen molar-refractivity contribution in [2.45, 2.75) is 12.3 Å². The molecule has 7 heteroatoms. The summed E-state index contributed by atoms with van der Waals surface area (Å²) < 4.78 is 26.5. The van der Waals surface area contributed by atoms with Crippen molar-refractivity contribution in [3.05, 3.63) is 57.8 Å². The van der Waals surface area contributed by atoms with Gasteiger partial charge in [-0.15, -0.1) is 0 Å². The lowest BCUT2D eigenvalue weighted by Crippen LogP contribution is -2.24. The highest BCUT2D eigenvalue weighted by Gasteiger charge is 2.11. The minimum atomic E-state index is -3.35. The predicted molar refractivity (Wildman–Crippen MR) is 86.1 cm³/mol.